The molecular formula is C20H28FN3O2. The molecule has 3 saturated heterocycles. The average molecular weight is 361 g/mol. The molecule has 3 heterocycles. The van der Waals surface area contributed by atoms with E-state index in [1.54, 1.807) is 13.2 Å². The maximum absolute atomic E-state index is 13.4. The van der Waals surface area contributed by atoms with Crippen LogP contribution in [0.25, 0.3) is 0 Å². The van der Waals surface area contributed by atoms with Crippen LogP contribution >= 0.6 is 0 Å². The van der Waals surface area contributed by atoms with E-state index in [4.69, 9.17) is 4.74 Å². The van der Waals surface area contributed by atoms with E-state index < -0.39 is 0 Å². The second-order valence-corrected chi connectivity index (χ2v) is 7.86. The van der Waals surface area contributed by atoms with Gasteiger partial charge in [0, 0.05) is 50.7 Å². The molecule has 0 saturated carbocycles. The number of fused-ring (bicyclic) bond motifs is 2. The number of ether oxygens (including phenoxy) is 1. The Labute approximate surface area is 154 Å². The van der Waals surface area contributed by atoms with E-state index >= 15 is 0 Å². The highest BCUT2D eigenvalue weighted by atomic mass is 19.1. The van der Waals surface area contributed by atoms with Gasteiger partial charge in [-0.3, -0.25) is 4.79 Å². The summed E-state index contributed by atoms with van der Waals surface area (Å²) < 4.78 is 18.7. The van der Waals surface area contributed by atoms with Crippen LogP contribution in [0, 0.1) is 11.7 Å². The van der Waals surface area contributed by atoms with Crippen LogP contribution in [0.1, 0.15) is 32.1 Å². The molecule has 2 atom stereocenters. The topological polar surface area (TPSA) is 44.8 Å². The van der Waals surface area contributed by atoms with Crippen molar-refractivity contribution in [3.05, 3.63) is 24.0 Å². The summed E-state index contributed by atoms with van der Waals surface area (Å²) in [7, 11) is 1.56. The van der Waals surface area contributed by atoms with E-state index in [0.717, 1.165) is 44.7 Å². The molecule has 2 bridgehead atoms. The van der Waals surface area contributed by atoms with Crippen molar-refractivity contribution in [1.82, 2.24) is 10.2 Å². The molecule has 1 amide bonds. The van der Waals surface area contributed by atoms with Gasteiger partial charge in [-0.2, -0.15) is 0 Å². The summed E-state index contributed by atoms with van der Waals surface area (Å²) in [4.78, 5) is 16.9. The van der Waals surface area contributed by atoms with Crippen LogP contribution < -0.4 is 15.0 Å². The third-order valence-electron chi connectivity index (χ3n) is 6.15. The lowest BCUT2D eigenvalue weighted by molar-refractivity contribution is -0.132. The predicted octanol–water partition coefficient (Wildman–Crippen LogP) is 2.40. The minimum Gasteiger partial charge on any atom is -0.494 e. The Morgan fingerprint density at radius 2 is 1.88 bits per heavy atom. The van der Waals surface area contributed by atoms with Crippen molar-refractivity contribution in [2.45, 2.75) is 44.2 Å². The summed E-state index contributed by atoms with van der Waals surface area (Å²) in [5.74, 6) is 1.09. The Balaban J connectivity index is 1.31. The standard InChI is InChI=1S/C20H28FN3O2/c1-26-19-13-15(21)2-5-18(19)23-6-8-24(9-7-23)20(25)12-14-10-16-3-4-17(11-14)22-16/h2,5,13-14,16-17,22H,3-4,6-12H2,1H3. The van der Waals surface area contributed by atoms with E-state index in [1.165, 1.54) is 25.0 Å². The van der Waals surface area contributed by atoms with E-state index in [0.29, 0.717) is 36.1 Å². The third-order valence-corrected chi connectivity index (χ3v) is 6.15. The number of carbonyl (C=O) groups excluding carboxylic acids is 1. The fourth-order valence-electron chi connectivity index (χ4n) is 4.83. The van der Waals surface area contributed by atoms with Gasteiger partial charge < -0.3 is 19.9 Å². The number of piperidine rings is 1. The monoisotopic (exact) mass is 361 g/mol. The lowest BCUT2D eigenvalue weighted by Crippen LogP contribution is -2.49. The number of methoxy groups -OCH3 is 1. The Kier molecular flexibility index (Phi) is 5.02. The molecule has 0 aliphatic carbocycles. The highest BCUT2D eigenvalue weighted by molar-refractivity contribution is 5.77. The number of carbonyl (C=O) groups is 1. The molecule has 0 aromatic heterocycles. The van der Waals surface area contributed by atoms with Crippen molar-refractivity contribution in [2.75, 3.05) is 38.2 Å². The first-order chi connectivity index (χ1) is 12.6. The fourth-order valence-corrected chi connectivity index (χ4v) is 4.83. The molecule has 1 aromatic rings. The third kappa shape index (κ3) is 3.65. The van der Waals surface area contributed by atoms with Gasteiger partial charge in [0.25, 0.3) is 0 Å². The lowest BCUT2D eigenvalue weighted by atomic mass is 9.89. The number of amides is 1. The summed E-state index contributed by atoms with van der Waals surface area (Å²) >= 11 is 0. The average Bonchev–Trinajstić information content (AvgIpc) is 3.00. The minimum atomic E-state index is -0.296. The molecule has 1 N–H and O–H groups in total. The minimum absolute atomic E-state index is 0.294. The molecule has 6 heteroatoms. The zero-order chi connectivity index (χ0) is 18.1. The molecule has 4 rings (SSSR count). The number of rotatable bonds is 4. The van der Waals surface area contributed by atoms with Gasteiger partial charge in [-0.25, -0.2) is 4.39 Å². The molecule has 0 spiro atoms. The quantitative estimate of drug-likeness (QED) is 0.895. The number of piperazine rings is 1. The summed E-state index contributed by atoms with van der Waals surface area (Å²) in [5, 5.41) is 3.64. The highest BCUT2D eigenvalue weighted by Crippen LogP contribution is 2.33. The van der Waals surface area contributed by atoms with Crippen LogP contribution in [0.15, 0.2) is 18.2 Å². The molecular weight excluding hydrogens is 333 g/mol. The SMILES string of the molecule is COc1cc(F)ccc1N1CCN(C(=O)CC2CC3CCC(C2)N3)CC1. The second kappa shape index (κ2) is 7.43. The van der Waals surface area contributed by atoms with Crippen molar-refractivity contribution in [3.63, 3.8) is 0 Å². The molecule has 26 heavy (non-hydrogen) atoms. The zero-order valence-electron chi connectivity index (χ0n) is 15.4. The highest BCUT2D eigenvalue weighted by Gasteiger charge is 2.35. The number of anilines is 1. The van der Waals surface area contributed by atoms with Crippen molar-refractivity contribution in [2.24, 2.45) is 5.92 Å². The summed E-state index contributed by atoms with van der Waals surface area (Å²) in [6, 6.07) is 5.90. The van der Waals surface area contributed by atoms with Crippen LogP contribution in [0.4, 0.5) is 10.1 Å². The first kappa shape index (κ1) is 17.6. The van der Waals surface area contributed by atoms with Crippen LogP contribution in [0.2, 0.25) is 0 Å². The maximum atomic E-state index is 13.4. The Bertz CT molecular complexity index is 648. The van der Waals surface area contributed by atoms with Gasteiger partial charge in [-0.1, -0.05) is 0 Å². The van der Waals surface area contributed by atoms with Gasteiger partial charge in [-0.15, -0.1) is 0 Å². The largest absolute Gasteiger partial charge is 0.494 e. The summed E-state index contributed by atoms with van der Waals surface area (Å²) in [5.41, 5.74) is 0.899. The van der Waals surface area contributed by atoms with Crippen molar-refractivity contribution in [3.8, 4) is 5.75 Å². The van der Waals surface area contributed by atoms with Crippen molar-refractivity contribution in [1.29, 1.82) is 0 Å². The number of halogens is 1. The Morgan fingerprint density at radius 3 is 2.54 bits per heavy atom. The van der Waals surface area contributed by atoms with Gasteiger partial charge in [0.1, 0.15) is 11.6 Å². The molecule has 0 radical (unpaired) electrons. The van der Waals surface area contributed by atoms with Gasteiger partial charge >= 0.3 is 0 Å². The van der Waals surface area contributed by atoms with Crippen molar-refractivity contribution < 1.29 is 13.9 Å². The van der Waals surface area contributed by atoms with Gasteiger partial charge in [0.05, 0.1) is 12.8 Å². The maximum Gasteiger partial charge on any atom is 0.222 e. The predicted molar refractivity (Wildman–Crippen MR) is 99.0 cm³/mol. The molecule has 3 fully saturated rings. The number of hydrogen-bond donors (Lipinski definition) is 1. The van der Waals surface area contributed by atoms with E-state index in [1.807, 2.05) is 4.90 Å². The Hall–Kier alpha value is -1.82. The van der Waals surface area contributed by atoms with Gasteiger partial charge in [0.2, 0.25) is 5.91 Å². The Morgan fingerprint density at radius 1 is 1.19 bits per heavy atom. The lowest BCUT2D eigenvalue weighted by Gasteiger charge is -2.37. The summed E-state index contributed by atoms with van der Waals surface area (Å²) in [6.45, 7) is 2.95. The molecule has 3 aliphatic heterocycles. The second-order valence-electron chi connectivity index (χ2n) is 7.86. The van der Waals surface area contributed by atoms with Crippen LogP contribution in [0.3, 0.4) is 0 Å². The molecule has 142 valence electrons. The van der Waals surface area contributed by atoms with E-state index in [9.17, 15) is 9.18 Å². The smallest absolute Gasteiger partial charge is 0.222 e. The first-order valence-corrected chi connectivity index (χ1v) is 9.74. The van der Waals surface area contributed by atoms with Gasteiger partial charge in [-0.05, 0) is 43.7 Å². The zero-order valence-corrected chi connectivity index (χ0v) is 15.4. The molecule has 1 aromatic carbocycles. The number of benzene rings is 1. The molecule has 5 nitrogen and oxygen atoms in total. The van der Waals surface area contributed by atoms with Crippen LogP contribution in [-0.4, -0.2) is 56.2 Å². The normalized spacial score (nSPS) is 28.3. The van der Waals surface area contributed by atoms with Crippen LogP contribution in [0.5, 0.6) is 5.75 Å². The molecule has 3 aliphatic rings. The summed E-state index contributed by atoms with van der Waals surface area (Å²) in [6.07, 6.45) is 5.53. The van der Waals surface area contributed by atoms with E-state index in [2.05, 4.69) is 10.2 Å². The number of nitrogens with one attached hydrogen (secondary N) is 1. The van der Waals surface area contributed by atoms with Gasteiger partial charge in [0.15, 0.2) is 0 Å². The van der Waals surface area contributed by atoms with Crippen molar-refractivity contribution >= 4 is 11.6 Å². The molecule has 2 unspecified atom stereocenters. The van der Waals surface area contributed by atoms with Crippen LogP contribution in [-0.2, 0) is 4.79 Å². The number of hydrogen-bond acceptors (Lipinski definition) is 4. The fraction of sp³-hybridized carbons (Fsp3) is 0.650. The first-order valence-electron chi connectivity index (χ1n) is 9.74. The number of nitrogens with zero attached hydrogens (tertiary/aromatic N) is 2. The van der Waals surface area contributed by atoms with E-state index in [-0.39, 0.29) is 5.82 Å².